The number of amides is 2. The molecule has 6 heteroatoms. The highest BCUT2D eigenvalue weighted by Crippen LogP contribution is 2.18. The van der Waals surface area contributed by atoms with Gasteiger partial charge in [0.25, 0.3) is 0 Å². The summed E-state index contributed by atoms with van der Waals surface area (Å²) in [5.74, 6) is -1.40. The monoisotopic (exact) mass is 332 g/mol. The average molecular weight is 332 g/mol. The van der Waals surface area contributed by atoms with E-state index in [1.165, 1.54) is 0 Å². The third-order valence-corrected chi connectivity index (χ3v) is 4.42. The molecule has 0 bridgehead atoms. The lowest BCUT2D eigenvalue weighted by Crippen LogP contribution is -2.42. The molecule has 2 amide bonds. The number of hydrogen-bond acceptors (Lipinski definition) is 3. The summed E-state index contributed by atoms with van der Waals surface area (Å²) in [7, 11) is 1.72. The van der Waals surface area contributed by atoms with Crippen LogP contribution in [0.4, 0.5) is 5.69 Å². The molecule has 130 valence electrons. The second-order valence-electron chi connectivity index (χ2n) is 6.16. The predicted octanol–water partition coefficient (Wildman–Crippen LogP) is 2.14. The fraction of sp³-hybridized carbons (Fsp3) is 0.500. The van der Waals surface area contributed by atoms with Crippen molar-refractivity contribution in [2.24, 2.45) is 5.92 Å². The topological polar surface area (TPSA) is 77.9 Å². The van der Waals surface area contributed by atoms with Gasteiger partial charge in [0.05, 0.1) is 5.92 Å². The molecule has 1 unspecified atom stereocenters. The second kappa shape index (κ2) is 8.47. The van der Waals surface area contributed by atoms with Crippen molar-refractivity contribution in [3.05, 3.63) is 30.3 Å². The van der Waals surface area contributed by atoms with Gasteiger partial charge in [0, 0.05) is 38.7 Å². The molecule has 1 aliphatic heterocycles. The number of hydrogen-bond donors (Lipinski definition) is 1. The zero-order valence-corrected chi connectivity index (χ0v) is 14.0. The number of benzene rings is 1. The van der Waals surface area contributed by atoms with E-state index in [4.69, 9.17) is 5.11 Å². The van der Waals surface area contributed by atoms with Crippen LogP contribution in [0.2, 0.25) is 0 Å². The van der Waals surface area contributed by atoms with Gasteiger partial charge in [0.15, 0.2) is 0 Å². The molecule has 1 fully saturated rings. The Hall–Kier alpha value is -2.37. The number of carbonyl (C=O) groups excluding carboxylic acids is 2. The maximum Gasteiger partial charge on any atom is 0.308 e. The van der Waals surface area contributed by atoms with Crippen LogP contribution in [0.1, 0.15) is 32.1 Å². The Kier molecular flexibility index (Phi) is 6.35. The van der Waals surface area contributed by atoms with Crippen LogP contribution in [0.3, 0.4) is 0 Å². The molecule has 0 aliphatic carbocycles. The van der Waals surface area contributed by atoms with Crippen molar-refractivity contribution in [1.82, 2.24) is 4.90 Å². The quantitative estimate of drug-likeness (QED) is 0.866. The maximum absolute atomic E-state index is 12.2. The predicted molar refractivity (Wildman–Crippen MR) is 90.6 cm³/mol. The lowest BCUT2D eigenvalue weighted by molar-refractivity contribution is -0.145. The summed E-state index contributed by atoms with van der Waals surface area (Å²) in [4.78, 5) is 38.6. The van der Waals surface area contributed by atoms with E-state index >= 15 is 0 Å². The van der Waals surface area contributed by atoms with Gasteiger partial charge in [-0.2, -0.15) is 0 Å². The van der Waals surface area contributed by atoms with Gasteiger partial charge in [-0.25, -0.2) is 0 Å². The van der Waals surface area contributed by atoms with E-state index in [1.807, 2.05) is 30.3 Å². The zero-order chi connectivity index (χ0) is 17.5. The molecule has 1 N–H and O–H groups in total. The summed E-state index contributed by atoms with van der Waals surface area (Å²) in [6.07, 6.45) is 2.40. The Bertz CT molecular complexity index is 588. The van der Waals surface area contributed by atoms with Crippen molar-refractivity contribution >= 4 is 23.5 Å². The van der Waals surface area contributed by atoms with Crippen LogP contribution in [0.25, 0.3) is 0 Å². The van der Waals surface area contributed by atoms with Gasteiger partial charge in [0.1, 0.15) is 0 Å². The van der Waals surface area contributed by atoms with Crippen LogP contribution in [0, 0.1) is 5.92 Å². The lowest BCUT2D eigenvalue weighted by atomic mass is 9.98. The normalized spacial score (nSPS) is 17.4. The van der Waals surface area contributed by atoms with E-state index in [1.54, 1.807) is 16.8 Å². The average Bonchev–Trinajstić information content (AvgIpc) is 2.61. The fourth-order valence-electron chi connectivity index (χ4n) is 2.92. The molecule has 0 saturated carbocycles. The Labute approximate surface area is 142 Å². The molecule has 1 atom stereocenters. The fourth-order valence-corrected chi connectivity index (χ4v) is 2.92. The number of para-hydroxylation sites is 1. The number of likely N-dealkylation sites (tertiary alicyclic amines) is 1. The van der Waals surface area contributed by atoms with Crippen molar-refractivity contribution in [3.63, 3.8) is 0 Å². The van der Waals surface area contributed by atoms with Gasteiger partial charge in [-0.1, -0.05) is 18.2 Å². The molecule has 1 heterocycles. The minimum absolute atomic E-state index is 0.0314. The summed E-state index contributed by atoms with van der Waals surface area (Å²) < 4.78 is 0. The van der Waals surface area contributed by atoms with Crippen LogP contribution < -0.4 is 4.90 Å². The largest absolute Gasteiger partial charge is 0.481 e. The second-order valence-corrected chi connectivity index (χ2v) is 6.16. The summed E-state index contributed by atoms with van der Waals surface area (Å²) in [5, 5.41) is 9.07. The number of piperidine rings is 1. The highest BCUT2D eigenvalue weighted by Gasteiger charge is 2.27. The Morgan fingerprint density at radius 2 is 1.92 bits per heavy atom. The van der Waals surface area contributed by atoms with Crippen LogP contribution >= 0.6 is 0 Å². The van der Waals surface area contributed by atoms with Gasteiger partial charge in [-0.15, -0.1) is 0 Å². The smallest absolute Gasteiger partial charge is 0.308 e. The molecular formula is C18H24N2O4. The third-order valence-electron chi connectivity index (χ3n) is 4.42. The number of aliphatic carboxylic acids is 1. The highest BCUT2D eigenvalue weighted by molar-refractivity contribution is 5.93. The number of carbonyl (C=O) groups is 3. The first kappa shape index (κ1) is 18.0. The van der Waals surface area contributed by atoms with Gasteiger partial charge < -0.3 is 14.9 Å². The van der Waals surface area contributed by atoms with Crippen LogP contribution in [0.5, 0.6) is 0 Å². The first-order chi connectivity index (χ1) is 11.5. The molecule has 1 aliphatic rings. The van der Waals surface area contributed by atoms with Gasteiger partial charge >= 0.3 is 5.97 Å². The minimum atomic E-state index is -0.841. The van der Waals surface area contributed by atoms with Gasteiger partial charge in [-0.3, -0.25) is 14.4 Å². The molecule has 1 aromatic rings. The standard InChI is InChI=1S/C18H24N2O4/c1-19(15-8-3-2-4-9-15)16(21)10-5-11-17(22)20-12-6-7-14(13-20)18(23)24/h2-4,8-9,14H,5-7,10-13H2,1H3,(H,23,24). The van der Waals surface area contributed by atoms with Crippen molar-refractivity contribution in [3.8, 4) is 0 Å². The molecular weight excluding hydrogens is 308 g/mol. The number of carboxylic acids is 1. The van der Waals surface area contributed by atoms with Crippen molar-refractivity contribution < 1.29 is 19.5 Å². The first-order valence-electron chi connectivity index (χ1n) is 8.31. The SMILES string of the molecule is CN(C(=O)CCCC(=O)N1CCCC(C(=O)O)C1)c1ccccc1. The Morgan fingerprint density at radius 1 is 1.21 bits per heavy atom. The number of anilines is 1. The number of carboxylic acid groups (broad SMARTS) is 1. The molecule has 6 nitrogen and oxygen atoms in total. The third kappa shape index (κ3) is 4.81. The molecule has 0 radical (unpaired) electrons. The zero-order valence-electron chi connectivity index (χ0n) is 14.0. The van der Waals surface area contributed by atoms with Crippen molar-refractivity contribution in [1.29, 1.82) is 0 Å². The summed E-state index contributed by atoms with van der Waals surface area (Å²) >= 11 is 0. The summed E-state index contributed by atoms with van der Waals surface area (Å²) in [6, 6.07) is 9.37. The molecule has 0 aromatic heterocycles. The number of nitrogens with zero attached hydrogens (tertiary/aromatic N) is 2. The van der Waals surface area contributed by atoms with E-state index in [0.29, 0.717) is 25.8 Å². The molecule has 1 aromatic carbocycles. The summed E-state index contributed by atoms with van der Waals surface area (Å²) in [6.45, 7) is 0.895. The minimum Gasteiger partial charge on any atom is -0.481 e. The van der Waals surface area contributed by atoms with E-state index in [-0.39, 0.29) is 24.8 Å². The van der Waals surface area contributed by atoms with Crippen molar-refractivity contribution in [2.45, 2.75) is 32.1 Å². The van der Waals surface area contributed by atoms with Gasteiger partial charge in [0.2, 0.25) is 11.8 Å². The van der Waals surface area contributed by atoms with Crippen molar-refractivity contribution in [2.75, 3.05) is 25.0 Å². The Morgan fingerprint density at radius 3 is 2.58 bits per heavy atom. The van der Waals surface area contributed by atoms with Crippen LogP contribution in [-0.2, 0) is 14.4 Å². The molecule has 1 saturated heterocycles. The van der Waals surface area contributed by atoms with E-state index in [0.717, 1.165) is 12.1 Å². The van der Waals surface area contributed by atoms with E-state index in [2.05, 4.69) is 0 Å². The van der Waals surface area contributed by atoms with E-state index in [9.17, 15) is 14.4 Å². The first-order valence-corrected chi connectivity index (χ1v) is 8.31. The molecule has 2 rings (SSSR count). The number of rotatable bonds is 6. The maximum atomic E-state index is 12.2. The van der Waals surface area contributed by atoms with Crippen LogP contribution in [0.15, 0.2) is 30.3 Å². The summed E-state index contributed by atoms with van der Waals surface area (Å²) in [5.41, 5.74) is 0.828. The highest BCUT2D eigenvalue weighted by atomic mass is 16.4. The Balaban J connectivity index is 1.76. The molecule has 24 heavy (non-hydrogen) atoms. The lowest BCUT2D eigenvalue weighted by Gasteiger charge is -2.30. The molecule has 0 spiro atoms. The van der Waals surface area contributed by atoms with Crippen LogP contribution in [-0.4, -0.2) is 47.9 Å². The van der Waals surface area contributed by atoms with Gasteiger partial charge in [-0.05, 0) is 31.4 Å². The van der Waals surface area contributed by atoms with E-state index < -0.39 is 11.9 Å².